The summed E-state index contributed by atoms with van der Waals surface area (Å²) in [6, 6.07) is 5.20. The lowest BCUT2D eigenvalue weighted by atomic mass is 9.63. The zero-order valence-corrected chi connectivity index (χ0v) is 13.6. The van der Waals surface area contributed by atoms with Crippen molar-refractivity contribution in [2.24, 2.45) is 5.73 Å². The number of hydrogen-bond donors (Lipinski definition) is 3. The van der Waals surface area contributed by atoms with E-state index in [1.54, 1.807) is 6.07 Å². The number of carboxylic acids is 1. The first-order valence-electron chi connectivity index (χ1n) is 8.23. The second-order valence-electron chi connectivity index (χ2n) is 5.99. The Bertz CT molecular complexity index is 552. The van der Waals surface area contributed by atoms with E-state index in [9.17, 15) is 9.90 Å². The third-order valence-electron chi connectivity index (χ3n) is 5.00. The molecular formula is C18H30FNO4. The average Bonchev–Trinajstić information content (AvgIpc) is 2.58. The third kappa shape index (κ3) is 4.05. The van der Waals surface area contributed by atoms with Crippen LogP contribution in [0.4, 0.5) is 4.72 Å². The van der Waals surface area contributed by atoms with Gasteiger partial charge in [0.15, 0.2) is 0 Å². The largest absolute Gasteiger partial charge is 0.508 e. The zero-order chi connectivity index (χ0) is 18.3. The fourth-order valence-electron chi connectivity index (χ4n) is 3.65. The number of benzene rings is 1. The summed E-state index contributed by atoms with van der Waals surface area (Å²) < 4.78 is 18.8. The number of halogens is 1. The molecule has 0 amide bonds. The molecule has 0 spiro atoms. The summed E-state index contributed by atoms with van der Waals surface area (Å²) in [6.45, 7) is 4.36. The third-order valence-corrected chi connectivity index (χ3v) is 5.00. The predicted octanol–water partition coefficient (Wildman–Crippen LogP) is 2.98. The molecule has 0 saturated carbocycles. The molecule has 0 saturated heterocycles. The first-order valence-corrected chi connectivity index (χ1v) is 7.86. The molecule has 4 N–H and O–H groups in total. The maximum absolute atomic E-state index is 10.7. The smallest absolute Gasteiger partial charge is 0.305 e. The number of ether oxygens (including phenoxy) is 1. The molecule has 0 bridgehead atoms. The molecule has 0 radical (unpaired) electrons. The number of hydrogen-bond acceptors (Lipinski definition) is 4. The van der Waals surface area contributed by atoms with Crippen LogP contribution < -0.4 is 5.73 Å². The maximum Gasteiger partial charge on any atom is 0.305 e. The van der Waals surface area contributed by atoms with Crippen molar-refractivity contribution in [2.45, 2.75) is 64.5 Å². The van der Waals surface area contributed by atoms with Crippen LogP contribution in [0.3, 0.4) is 0 Å². The highest BCUT2D eigenvalue weighted by atomic mass is 19.0. The number of aliphatic carboxylic acids is 1. The minimum absolute atomic E-state index is 0. The standard InChI is InChI=1S/C17H25NO4.CH4.FH/c1-3-17(4-2)13-10-12(19)6-5-11(13)9-14(16(17)18)22-8-7-15(20)21;;/h5-6,10,14,16,19H,3-4,7-9,18H2,1-2H3,(H,20,21);1H4;1H/t14-,16+;;/m1../s1/i/hT. The van der Waals surface area contributed by atoms with Crippen molar-refractivity contribution in [1.29, 1.82) is 1.45 Å². The zero-order valence-electron chi connectivity index (χ0n) is 14.6. The van der Waals surface area contributed by atoms with E-state index in [-0.39, 0.29) is 43.8 Å². The van der Waals surface area contributed by atoms with Gasteiger partial charge in [-0.25, -0.2) is 0 Å². The summed E-state index contributed by atoms with van der Waals surface area (Å²) >= 11 is 0. The molecule has 5 nitrogen and oxygen atoms in total. The van der Waals surface area contributed by atoms with Crippen LogP contribution >= 0.6 is 0 Å². The summed E-state index contributed by atoms with van der Waals surface area (Å²) in [7, 11) is 0. The minimum Gasteiger partial charge on any atom is -0.508 e. The van der Waals surface area contributed by atoms with Crippen LogP contribution in [0.1, 0.15) is 51.7 Å². The van der Waals surface area contributed by atoms with E-state index in [1.807, 2.05) is 12.1 Å². The van der Waals surface area contributed by atoms with Crippen LogP contribution in [0, 0.1) is 0 Å². The lowest BCUT2D eigenvalue weighted by molar-refractivity contribution is -0.139. The molecule has 138 valence electrons. The lowest BCUT2D eigenvalue weighted by Gasteiger charge is -2.47. The molecule has 1 aliphatic rings. The van der Waals surface area contributed by atoms with E-state index in [1.165, 1.54) is 0 Å². The number of aromatic hydroxyl groups is 1. The summed E-state index contributed by atoms with van der Waals surface area (Å²) in [5.41, 5.74) is 8.49. The highest BCUT2D eigenvalue weighted by molar-refractivity contribution is 5.66. The Morgan fingerprint density at radius 2 is 2.08 bits per heavy atom. The Balaban J connectivity index is 0.00000185. The van der Waals surface area contributed by atoms with Gasteiger partial charge in [0.2, 0.25) is 0 Å². The SMILES string of the molecule is C.CCC1(CC)c2cc(O)ccc2C[C@@H](OCCC(=O)O)[C@@H]1N.[3H]F. The summed E-state index contributed by atoms with van der Waals surface area (Å²) in [5, 5.41) is 18.6. The van der Waals surface area contributed by atoms with Gasteiger partial charge in [0.1, 0.15) is 5.75 Å². The van der Waals surface area contributed by atoms with Crippen LogP contribution in [0.15, 0.2) is 18.2 Å². The Labute approximate surface area is 144 Å². The Morgan fingerprint density at radius 1 is 1.46 bits per heavy atom. The first kappa shape index (κ1) is 20.4. The van der Waals surface area contributed by atoms with Crippen LogP contribution in [-0.2, 0) is 21.4 Å². The summed E-state index contributed by atoms with van der Waals surface area (Å²) in [5.74, 6) is -0.616. The molecule has 0 heterocycles. The predicted molar refractivity (Wildman–Crippen MR) is 93.3 cm³/mol. The highest BCUT2D eigenvalue weighted by Gasteiger charge is 2.45. The van der Waals surface area contributed by atoms with Crippen molar-refractivity contribution in [3.63, 3.8) is 0 Å². The van der Waals surface area contributed by atoms with Crippen molar-refractivity contribution in [3.05, 3.63) is 29.3 Å². The Morgan fingerprint density at radius 3 is 2.62 bits per heavy atom. The van der Waals surface area contributed by atoms with E-state index in [4.69, 9.17) is 20.3 Å². The van der Waals surface area contributed by atoms with Crippen LogP contribution in [-0.4, -0.2) is 36.4 Å². The van der Waals surface area contributed by atoms with Gasteiger partial charge in [-0.05, 0) is 36.1 Å². The van der Waals surface area contributed by atoms with Gasteiger partial charge in [0, 0.05) is 17.9 Å². The van der Waals surface area contributed by atoms with Crippen LogP contribution in [0.2, 0.25) is 0 Å². The maximum atomic E-state index is 10.7. The van der Waals surface area contributed by atoms with Gasteiger partial charge in [-0.15, -0.1) is 0 Å². The molecule has 1 aromatic carbocycles. The molecule has 1 aliphatic carbocycles. The number of carbonyl (C=O) groups is 1. The Kier molecular flexibility index (Phi) is 7.63. The molecule has 0 aliphatic heterocycles. The van der Waals surface area contributed by atoms with Gasteiger partial charge in [-0.3, -0.25) is 9.51 Å². The number of phenolic OH excluding ortho intramolecular Hbond substituents is 1. The molecule has 2 rings (SSSR count). The number of rotatable bonds is 6. The average molecular weight is 345 g/mol. The second kappa shape index (κ2) is 8.99. The van der Waals surface area contributed by atoms with Gasteiger partial charge >= 0.3 is 5.97 Å². The van der Waals surface area contributed by atoms with E-state index < -0.39 is 5.97 Å². The monoisotopic (exact) mass is 345 g/mol. The van der Waals surface area contributed by atoms with Crippen molar-refractivity contribution in [1.82, 2.24) is 0 Å². The number of phenols is 1. The molecule has 0 unspecified atom stereocenters. The van der Waals surface area contributed by atoms with Crippen molar-refractivity contribution >= 4 is 5.97 Å². The lowest BCUT2D eigenvalue weighted by Crippen LogP contribution is -2.57. The molecule has 1 aromatic rings. The molecular weight excluding hydrogens is 313 g/mol. The van der Waals surface area contributed by atoms with Crippen molar-refractivity contribution in [3.8, 4) is 5.75 Å². The molecule has 2 atom stereocenters. The molecule has 0 aromatic heterocycles. The summed E-state index contributed by atoms with van der Waals surface area (Å²) in [6.07, 6.45) is 2.13. The normalized spacial score (nSPS) is 21.4. The van der Waals surface area contributed by atoms with Gasteiger partial charge in [-0.2, -0.15) is 0 Å². The highest BCUT2D eigenvalue weighted by Crippen LogP contribution is 2.43. The fourth-order valence-corrected chi connectivity index (χ4v) is 3.65. The van der Waals surface area contributed by atoms with Gasteiger partial charge in [0.25, 0.3) is 1.45 Å². The molecule has 24 heavy (non-hydrogen) atoms. The van der Waals surface area contributed by atoms with Crippen molar-refractivity contribution < 1.29 is 24.5 Å². The fraction of sp³-hybridized carbons (Fsp3) is 0.611. The quantitative estimate of drug-likeness (QED) is 0.737. The van der Waals surface area contributed by atoms with E-state index in [2.05, 4.69) is 15.3 Å². The van der Waals surface area contributed by atoms with E-state index >= 15 is 0 Å². The minimum atomic E-state index is -0.869. The van der Waals surface area contributed by atoms with Gasteiger partial charge in [-0.1, -0.05) is 27.3 Å². The van der Waals surface area contributed by atoms with E-state index in [0.29, 0.717) is 6.42 Å². The topological polar surface area (TPSA) is 92.8 Å². The summed E-state index contributed by atoms with van der Waals surface area (Å²) in [4.78, 5) is 10.7. The second-order valence-corrected chi connectivity index (χ2v) is 5.99. The van der Waals surface area contributed by atoms with Crippen molar-refractivity contribution in [2.75, 3.05) is 6.61 Å². The van der Waals surface area contributed by atoms with Crippen LogP contribution in [0.25, 0.3) is 0 Å². The van der Waals surface area contributed by atoms with Gasteiger partial charge in [0.05, 0.1) is 19.1 Å². The molecule has 0 fully saturated rings. The van der Waals surface area contributed by atoms with Crippen LogP contribution in [0.5, 0.6) is 5.75 Å². The molecule has 6 heteroatoms. The van der Waals surface area contributed by atoms with Gasteiger partial charge < -0.3 is 20.7 Å². The number of nitrogens with two attached hydrogens (primary N) is 1. The van der Waals surface area contributed by atoms with E-state index in [0.717, 1.165) is 24.0 Å². The number of fused-ring (bicyclic) bond motifs is 1. The first-order chi connectivity index (χ1) is 11.4. The number of carboxylic acid groups (broad SMARTS) is 1. The Hall–Kier alpha value is -1.66.